The highest BCUT2D eigenvalue weighted by Gasteiger charge is 2.04. The van der Waals surface area contributed by atoms with Crippen LogP contribution in [-0.2, 0) is 4.74 Å². The van der Waals surface area contributed by atoms with Crippen molar-refractivity contribution in [3.63, 3.8) is 0 Å². The number of benzene rings is 1. The van der Waals surface area contributed by atoms with Gasteiger partial charge in [-0.05, 0) is 37.6 Å². The van der Waals surface area contributed by atoms with E-state index < -0.39 is 0 Å². The van der Waals surface area contributed by atoms with E-state index in [1.54, 1.807) is 14.2 Å². The molecule has 1 aromatic rings. The van der Waals surface area contributed by atoms with Crippen molar-refractivity contribution in [2.24, 2.45) is 0 Å². The Morgan fingerprint density at radius 2 is 2.12 bits per heavy atom. The SMILES string of the molecule is COCCCNC(C)c1cccc(OC)c1. The summed E-state index contributed by atoms with van der Waals surface area (Å²) >= 11 is 0. The predicted octanol–water partition coefficient (Wildman–Crippen LogP) is 2.38. The molecule has 0 heterocycles. The minimum Gasteiger partial charge on any atom is -0.497 e. The van der Waals surface area contributed by atoms with E-state index in [2.05, 4.69) is 24.4 Å². The largest absolute Gasteiger partial charge is 0.497 e. The van der Waals surface area contributed by atoms with Crippen molar-refractivity contribution < 1.29 is 9.47 Å². The van der Waals surface area contributed by atoms with Gasteiger partial charge in [-0.1, -0.05) is 12.1 Å². The molecule has 0 amide bonds. The fraction of sp³-hybridized carbons (Fsp3) is 0.538. The Labute approximate surface area is 97.8 Å². The Balaban J connectivity index is 2.42. The van der Waals surface area contributed by atoms with Crippen LogP contribution in [0.1, 0.15) is 24.9 Å². The molecule has 0 aliphatic heterocycles. The van der Waals surface area contributed by atoms with E-state index in [1.165, 1.54) is 5.56 Å². The first-order valence-corrected chi connectivity index (χ1v) is 5.64. The maximum absolute atomic E-state index is 5.20. The molecule has 90 valence electrons. The average molecular weight is 223 g/mol. The highest BCUT2D eigenvalue weighted by atomic mass is 16.5. The lowest BCUT2D eigenvalue weighted by atomic mass is 10.1. The standard InChI is InChI=1S/C13H21NO2/c1-11(14-8-5-9-15-2)12-6-4-7-13(10-12)16-3/h4,6-7,10-11,14H,5,8-9H2,1-3H3. The summed E-state index contributed by atoms with van der Waals surface area (Å²) in [6, 6.07) is 8.49. The van der Waals surface area contributed by atoms with Gasteiger partial charge in [0.05, 0.1) is 7.11 Å². The third kappa shape index (κ3) is 4.21. The van der Waals surface area contributed by atoms with Crippen LogP contribution in [0.2, 0.25) is 0 Å². The Hall–Kier alpha value is -1.06. The molecule has 1 N–H and O–H groups in total. The number of hydrogen-bond acceptors (Lipinski definition) is 3. The first-order chi connectivity index (χ1) is 7.77. The summed E-state index contributed by atoms with van der Waals surface area (Å²) in [5.74, 6) is 0.906. The van der Waals surface area contributed by atoms with Gasteiger partial charge in [-0.15, -0.1) is 0 Å². The van der Waals surface area contributed by atoms with Crippen molar-refractivity contribution >= 4 is 0 Å². The molecular weight excluding hydrogens is 202 g/mol. The van der Waals surface area contributed by atoms with E-state index in [1.807, 2.05) is 12.1 Å². The third-order valence-corrected chi connectivity index (χ3v) is 2.57. The lowest BCUT2D eigenvalue weighted by Gasteiger charge is -2.14. The van der Waals surface area contributed by atoms with Gasteiger partial charge in [0.2, 0.25) is 0 Å². The molecule has 0 saturated carbocycles. The number of rotatable bonds is 7. The fourth-order valence-electron chi connectivity index (χ4n) is 1.56. The predicted molar refractivity (Wildman–Crippen MR) is 65.9 cm³/mol. The van der Waals surface area contributed by atoms with Gasteiger partial charge in [0, 0.05) is 19.8 Å². The normalized spacial score (nSPS) is 12.4. The molecule has 1 unspecified atom stereocenters. The fourth-order valence-corrected chi connectivity index (χ4v) is 1.56. The Bertz CT molecular complexity index is 302. The molecule has 0 bridgehead atoms. The number of methoxy groups -OCH3 is 2. The second-order valence-electron chi connectivity index (χ2n) is 3.80. The summed E-state index contributed by atoms with van der Waals surface area (Å²) in [7, 11) is 3.42. The Morgan fingerprint density at radius 3 is 2.81 bits per heavy atom. The first kappa shape index (κ1) is 13.0. The molecule has 0 saturated heterocycles. The quantitative estimate of drug-likeness (QED) is 0.720. The van der Waals surface area contributed by atoms with Gasteiger partial charge in [-0.25, -0.2) is 0 Å². The molecule has 3 nitrogen and oxygen atoms in total. The molecule has 0 aliphatic carbocycles. The molecular formula is C13H21NO2. The molecule has 0 radical (unpaired) electrons. The highest BCUT2D eigenvalue weighted by Crippen LogP contribution is 2.18. The molecule has 0 aromatic heterocycles. The van der Waals surface area contributed by atoms with Crippen LogP contribution in [-0.4, -0.2) is 27.4 Å². The first-order valence-electron chi connectivity index (χ1n) is 5.64. The average Bonchev–Trinajstić information content (AvgIpc) is 2.34. The molecule has 16 heavy (non-hydrogen) atoms. The molecule has 3 heteroatoms. The van der Waals surface area contributed by atoms with Gasteiger partial charge >= 0.3 is 0 Å². The number of nitrogens with one attached hydrogen (secondary N) is 1. The second kappa shape index (κ2) is 7.25. The number of ether oxygens (including phenoxy) is 2. The van der Waals surface area contributed by atoms with Gasteiger partial charge in [0.15, 0.2) is 0 Å². The molecule has 0 aliphatic rings. The minimum absolute atomic E-state index is 0.340. The summed E-state index contributed by atoms with van der Waals surface area (Å²) in [4.78, 5) is 0. The topological polar surface area (TPSA) is 30.5 Å². The summed E-state index contributed by atoms with van der Waals surface area (Å²) in [5, 5.41) is 3.45. The van der Waals surface area contributed by atoms with Gasteiger partial charge in [-0.3, -0.25) is 0 Å². The summed E-state index contributed by atoms with van der Waals surface area (Å²) in [6.45, 7) is 3.92. The van der Waals surface area contributed by atoms with Gasteiger partial charge < -0.3 is 14.8 Å². The van der Waals surface area contributed by atoms with Crippen molar-refractivity contribution in [2.75, 3.05) is 27.4 Å². The zero-order valence-corrected chi connectivity index (χ0v) is 10.3. The number of hydrogen-bond donors (Lipinski definition) is 1. The minimum atomic E-state index is 0.340. The Morgan fingerprint density at radius 1 is 1.31 bits per heavy atom. The monoisotopic (exact) mass is 223 g/mol. The smallest absolute Gasteiger partial charge is 0.119 e. The zero-order valence-electron chi connectivity index (χ0n) is 10.3. The van der Waals surface area contributed by atoms with Gasteiger partial charge in [-0.2, -0.15) is 0 Å². The van der Waals surface area contributed by atoms with Gasteiger partial charge in [0.1, 0.15) is 5.75 Å². The van der Waals surface area contributed by atoms with E-state index in [9.17, 15) is 0 Å². The van der Waals surface area contributed by atoms with Gasteiger partial charge in [0.25, 0.3) is 0 Å². The summed E-state index contributed by atoms with van der Waals surface area (Å²) < 4.78 is 10.2. The zero-order chi connectivity index (χ0) is 11.8. The van der Waals surface area contributed by atoms with E-state index in [0.29, 0.717) is 6.04 Å². The van der Waals surface area contributed by atoms with Crippen LogP contribution >= 0.6 is 0 Å². The van der Waals surface area contributed by atoms with Crippen LogP contribution in [0, 0.1) is 0 Å². The molecule has 1 atom stereocenters. The van der Waals surface area contributed by atoms with Crippen molar-refractivity contribution in [1.29, 1.82) is 0 Å². The molecule has 1 aromatic carbocycles. The molecule has 0 spiro atoms. The van der Waals surface area contributed by atoms with E-state index >= 15 is 0 Å². The molecule has 0 fully saturated rings. The van der Waals surface area contributed by atoms with Crippen LogP contribution in [0.4, 0.5) is 0 Å². The van der Waals surface area contributed by atoms with E-state index in [-0.39, 0.29) is 0 Å². The maximum atomic E-state index is 5.20. The lowest BCUT2D eigenvalue weighted by Crippen LogP contribution is -2.20. The van der Waals surface area contributed by atoms with Crippen LogP contribution in [0.3, 0.4) is 0 Å². The van der Waals surface area contributed by atoms with Crippen LogP contribution in [0.25, 0.3) is 0 Å². The molecule has 1 rings (SSSR count). The second-order valence-corrected chi connectivity index (χ2v) is 3.80. The van der Waals surface area contributed by atoms with Crippen molar-refractivity contribution in [2.45, 2.75) is 19.4 Å². The summed E-state index contributed by atoms with van der Waals surface area (Å²) in [6.07, 6.45) is 1.03. The van der Waals surface area contributed by atoms with Crippen LogP contribution in [0.5, 0.6) is 5.75 Å². The van der Waals surface area contributed by atoms with Crippen molar-refractivity contribution in [3.8, 4) is 5.75 Å². The Kier molecular flexibility index (Phi) is 5.90. The van der Waals surface area contributed by atoms with Crippen molar-refractivity contribution in [1.82, 2.24) is 5.32 Å². The lowest BCUT2D eigenvalue weighted by molar-refractivity contribution is 0.193. The maximum Gasteiger partial charge on any atom is 0.119 e. The van der Waals surface area contributed by atoms with Crippen LogP contribution < -0.4 is 10.1 Å². The third-order valence-electron chi connectivity index (χ3n) is 2.57. The van der Waals surface area contributed by atoms with Crippen LogP contribution in [0.15, 0.2) is 24.3 Å². The summed E-state index contributed by atoms with van der Waals surface area (Å²) in [5.41, 5.74) is 1.25. The highest BCUT2D eigenvalue weighted by molar-refractivity contribution is 5.30. The van der Waals surface area contributed by atoms with E-state index in [4.69, 9.17) is 9.47 Å². The van der Waals surface area contributed by atoms with Crippen molar-refractivity contribution in [3.05, 3.63) is 29.8 Å². The van der Waals surface area contributed by atoms with E-state index in [0.717, 1.165) is 25.3 Å².